The van der Waals surface area contributed by atoms with Crippen LogP contribution in [0.25, 0.3) is 22.0 Å². The molecule has 0 aliphatic heterocycles. The standard InChI is InChI=1S/C17H15BrN2O/c1-10-12(4-3-5-15(10)18)14-9-20-16-8-11(19-2)6-7-13(16)17(14)21/h3-9,19H,1-2H3,(H,20,21). The van der Waals surface area contributed by atoms with Gasteiger partial charge in [0.15, 0.2) is 5.43 Å². The molecule has 4 heteroatoms. The van der Waals surface area contributed by atoms with E-state index >= 15 is 0 Å². The van der Waals surface area contributed by atoms with Gasteiger partial charge in [0.05, 0.1) is 5.52 Å². The zero-order chi connectivity index (χ0) is 15.0. The van der Waals surface area contributed by atoms with Gasteiger partial charge in [-0.05, 0) is 42.3 Å². The van der Waals surface area contributed by atoms with Crippen LogP contribution in [0.1, 0.15) is 5.56 Å². The molecule has 21 heavy (non-hydrogen) atoms. The number of rotatable bonds is 2. The van der Waals surface area contributed by atoms with Crippen molar-refractivity contribution in [3.8, 4) is 11.1 Å². The van der Waals surface area contributed by atoms with Gasteiger partial charge in [-0.1, -0.05) is 28.1 Å². The summed E-state index contributed by atoms with van der Waals surface area (Å²) in [5, 5.41) is 3.77. The second kappa shape index (κ2) is 5.37. The molecule has 1 aromatic heterocycles. The van der Waals surface area contributed by atoms with Crippen LogP contribution in [0.3, 0.4) is 0 Å². The fourth-order valence-electron chi connectivity index (χ4n) is 2.48. The molecule has 0 saturated carbocycles. The summed E-state index contributed by atoms with van der Waals surface area (Å²) < 4.78 is 1.00. The molecule has 0 unspecified atom stereocenters. The molecule has 2 N–H and O–H groups in total. The zero-order valence-electron chi connectivity index (χ0n) is 11.8. The molecule has 0 fully saturated rings. The minimum absolute atomic E-state index is 0.0487. The lowest BCUT2D eigenvalue weighted by molar-refractivity contribution is 1.35. The number of H-pyrrole nitrogens is 1. The molecule has 0 spiro atoms. The Bertz CT molecular complexity index is 884. The van der Waals surface area contributed by atoms with Gasteiger partial charge in [0.25, 0.3) is 0 Å². The van der Waals surface area contributed by atoms with Crippen LogP contribution in [0.4, 0.5) is 5.69 Å². The number of fused-ring (bicyclic) bond motifs is 1. The number of aromatic nitrogens is 1. The largest absolute Gasteiger partial charge is 0.388 e. The minimum Gasteiger partial charge on any atom is -0.388 e. The van der Waals surface area contributed by atoms with Crippen LogP contribution in [0, 0.1) is 6.92 Å². The highest BCUT2D eigenvalue weighted by atomic mass is 79.9. The summed E-state index contributed by atoms with van der Waals surface area (Å²) in [5.74, 6) is 0. The predicted molar refractivity (Wildman–Crippen MR) is 92.0 cm³/mol. The molecule has 2 aromatic carbocycles. The first-order valence-electron chi connectivity index (χ1n) is 6.70. The smallest absolute Gasteiger partial charge is 0.197 e. The molecule has 1 heterocycles. The van der Waals surface area contributed by atoms with E-state index < -0.39 is 0 Å². The Labute approximate surface area is 131 Å². The molecular formula is C17H15BrN2O. The van der Waals surface area contributed by atoms with Gasteiger partial charge in [0.2, 0.25) is 0 Å². The number of anilines is 1. The third-order valence-corrected chi connectivity index (χ3v) is 4.59. The average Bonchev–Trinajstić information content (AvgIpc) is 2.50. The van der Waals surface area contributed by atoms with Gasteiger partial charge in [-0.3, -0.25) is 4.79 Å². The molecule has 106 valence electrons. The van der Waals surface area contributed by atoms with Gasteiger partial charge in [-0.2, -0.15) is 0 Å². The number of hydrogen-bond donors (Lipinski definition) is 2. The van der Waals surface area contributed by atoms with Gasteiger partial charge in [-0.15, -0.1) is 0 Å². The van der Waals surface area contributed by atoms with Crippen LogP contribution >= 0.6 is 15.9 Å². The zero-order valence-corrected chi connectivity index (χ0v) is 13.4. The van der Waals surface area contributed by atoms with Crippen molar-refractivity contribution < 1.29 is 0 Å². The van der Waals surface area contributed by atoms with Crippen molar-refractivity contribution in [2.75, 3.05) is 12.4 Å². The molecule has 3 nitrogen and oxygen atoms in total. The molecule has 3 aromatic rings. The summed E-state index contributed by atoms with van der Waals surface area (Å²) in [5.41, 5.74) is 4.57. The van der Waals surface area contributed by atoms with E-state index in [-0.39, 0.29) is 5.43 Å². The maximum atomic E-state index is 12.7. The lowest BCUT2D eigenvalue weighted by atomic mass is 10.00. The maximum Gasteiger partial charge on any atom is 0.197 e. The Morgan fingerprint density at radius 3 is 2.71 bits per heavy atom. The Hall–Kier alpha value is -2.07. The Morgan fingerprint density at radius 2 is 1.95 bits per heavy atom. The van der Waals surface area contributed by atoms with Crippen LogP contribution in [0.15, 0.2) is 51.9 Å². The minimum atomic E-state index is 0.0487. The van der Waals surface area contributed by atoms with Crippen LogP contribution < -0.4 is 10.7 Å². The molecule has 0 aliphatic rings. The summed E-state index contributed by atoms with van der Waals surface area (Å²) >= 11 is 3.52. The number of benzene rings is 2. The van der Waals surface area contributed by atoms with Crippen LogP contribution in [0.2, 0.25) is 0 Å². The number of hydrogen-bond acceptors (Lipinski definition) is 2. The fourth-order valence-corrected chi connectivity index (χ4v) is 2.84. The molecule has 0 radical (unpaired) electrons. The predicted octanol–water partition coefficient (Wildman–Crippen LogP) is 4.31. The van der Waals surface area contributed by atoms with Crippen LogP contribution in [-0.4, -0.2) is 12.0 Å². The SMILES string of the molecule is CNc1ccc2c(=O)c(-c3cccc(Br)c3C)c[nH]c2c1. The van der Waals surface area contributed by atoms with E-state index in [0.717, 1.165) is 26.8 Å². The van der Waals surface area contributed by atoms with Crippen molar-refractivity contribution in [1.82, 2.24) is 4.98 Å². The molecule has 3 rings (SSSR count). The first-order valence-corrected chi connectivity index (χ1v) is 7.50. The maximum absolute atomic E-state index is 12.7. The number of aromatic amines is 1. The van der Waals surface area contributed by atoms with E-state index in [1.54, 1.807) is 6.20 Å². The van der Waals surface area contributed by atoms with E-state index in [4.69, 9.17) is 0 Å². The third kappa shape index (κ3) is 2.36. The molecule has 0 saturated heterocycles. The summed E-state index contributed by atoms with van der Waals surface area (Å²) in [6, 6.07) is 11.6. The molecule has 0 atom stereocenters. The summed E-state index contributed by atoms with van der Waals surface area (Å²) in [7, 11) is 1.86. The van der Waals surface area contributed by atoms with Gasteiger partial charge in [0, 0.05) is 34.4 Å². The van der Waals surface area contributed by atoms with E-state index in [0.29, 0.717) is 10.9 Å². The number of nitrogens with one attached hydrogen (secondary N) is 2. The highest BCUT2D eigenvalue weighted by molar-refractivity contribution is 9.10. The van der Waals surface area contributed by atoms with E-state index in [9.17, 15) is 4.79 Å². The first-order chi connectivity index (χ1) is 10.1. The lowest BCUT2D eigenvalue weighted by Gasteiger charge is -2.09. The highest BCUT2D eigenvalue weighted by Crippen LogP contribution is 2.27. The Balaban J connectivity index is 2.28. The van der Waals surface area contributed by atoms with Crippen molar-refractivity contribution in [2.24, 2.45) is 0 Å². The number of halogens is 1. The van der Waals surface area contributed by atoms with E-state index in [1.165, 1.54) is 0 Å². The van der Waals surface area contributed by atoms with E-state index in [2.05, 4.69) is 26.2 Å². The topological polar surface area (TPSA) is 44.9 Å². The highest BCUT2D eigenvalue weighted by Gasteiger charge is 2.11. The third-order valence-electron chi connectivity index (χ3n) is 3.73. The Morgan fingerprint density at radius 1 is 1.14 bits per heavy atom. The van der Waals surface area contributed by atoms with Crippen molar-refractivity contribution in [1.29, 1.82) is 0 Å². The Kier molecular flexibility index (Phi) is 3.55. The second-order valence-electron chi connectivity index (χ2n) is 4.95. The van der Waals surface area contributed by atoms with Crippen molar-refractivity contribution in [3.05, 3.63) is 62.9 Å². The number of pyridine rings is 1. The van der Waals surface area contributed by atoms with Crippen LogP contribution in [0.5, 0.6) is 0 Å². The molecule has 0 bridgehead atoms. The molecule has 0 amide bonds. The van der Waals surface area contributed by atoms with Crippen LogP contribution in [-0.2, 0) is 0 Å². The normalized spacial score (nSPS) is 10.8. The average molecular weight is 343 g/mol. The summed E-state index contributed by atoms with van der Waals surface area (Å²) in [6.45, 7) is 2.01. The summed E-state index contributed by atoms with van der Waals surface area (Å²) in [4.78, 5) is 16.0. The van der Waals surface area contributed by atoms with Gasteiger partial charge in [-0.25, -0.2) is 0 Å². The van der Waals surface area contributed by atoms with Gasteiger partial charge in [0.1, 0.15) is 0 Å². The van der Waals surface area contributed by atoms with Crippen molar-refractivity contribution >= 4 is 32.5 Å². The fraction of sp³-hybridized carbons (Fsp3) is 0.118. The lowest BCUT2D eigenvalue weighted by Crippen LogP contribution is -2.07. The second-order valence-corrected chi connectivity index (χ2v) is 5.81. The first kappa shape index (κ1) is 13.9. The van der Waals surface area contributed by atoms with Gasteiger partial charge < -0.3 is 10.3 Å². The summed E-state index contributed by atoms with van der Waals surface area (Å²) in [6.07, 6.45) is 1.79. The monoisotopic (exact) mass is 342 g/mol. The van der Waals surface area contributed by atoms with E-state index in [1.807, 2.05) is 50.4 Å². The van der Waals surface area contributed by atoms with Gasteiger partial charge >= 0.3 is 0 Å². The van der Waals surface area contributed by atoms with Crippen molar-refractivity contribution in [2.45, 2.75) is 6.92 Å². The molecule has 0 aliphatic carbocycles. The van der Waals surface area contributed by atoms with Crippen molar-refractivity contribution in [3.63, 3.8) is 0 Å². The molecular weight excluding hydrogens is 328 g/mol. The quantitative estimate of drug-likeness (QED) is 0.728.